The Bertz CT molecular complexity index is 835. The van der Waals surface area contributed by atoms with Crippen LogP contribution in [0.15, 0.2) is 36.4 Å². The van der Waals surface area contributed by atoms with E-state index in [1.807, 2.05) is 35.2 Å². The molecule has 3 rings (SSSR count). The lowest BCUT2D eigenvalue weighted by Crippen LogP contribution is -2.44. The number of fused-ring (bicyclic) bond motifs is 1. The van der Waals surface area contributed by atoms with Crippen LogP contribution >= 0.6 is 0 Å². The van der Waals surface area contributed by atoms with Gasteiger partial charge in [0.25, 0.3) is 5.91 Å². The van der Waals surface area contributed by atoms with Gasteiger partial charge in [-0.2, -0.15) is 0 Å². The van der Waals surface area contributed by atoms with Crippen molar-refractivity contribution in [3.63, 3.8) is 0 Å². The van der Waals surface area contributed by atoms with Crippen molar-refractivity contribution in [3.8, 4) is 17.2 Å². The highest BCUT2D eigenvalue weighted by Gasteiger charge is 2.35. The average Bonchev–Trinajstić information content (AvgIpc) is 2.68. The summed E-state index contributed by atoms with van der Waals surface area (Å²) in [5.41, 5.74) is 2.30. The summed E-state index contributed by atoms with van der Waals surface area (Å²) in [4.78, 5) is 15.0. The Morgan fingerprint density at radius 1 is 1.00 bits per heavy atom. The van der Waals surface area contributed by atoms with Crippen LogP contribution < -0.4 is 19.5 Å². The van der Waals surface area contributed by atoms with Crippen LogP contribution in [0.3, 0.4) is 0 Å². The van der Waals surface area contributed by atoms with Crippen LogP contribution in [-0.2, 0) is 0 Å². The average molecular weight is 370 g/mol. The highest BCUT2D eigenvalue weighted by molar-refractivity contribution is 6.01. The van der Waals surface area contributed by atoms with E-state index in [-0.39, 0.29) is 12.1 Å². The number of para-hydroxylation sites is 1. The number of amides is 1. The van der Waals surface area contributed by atoms with Crippen LogP contribution in [0.2, 0.25) is 0 Å². The Balaban J connectivity index is 2.14. The number of carbonyl (C=O) groups is 1. The van der Waals surface area contributed by atoms with E-state index in [1.54, 1.807) is 27.4 Å². The third-order valence-corrected chi connectivity index (χ3v) is 4.61. The highest BCUT2D eigenvalue weighted by atomic mass is 16.5. The zero-order valence-electron chi connectivity index (χ0n) is 16.4. The minimum absolute atomic E-state index is 0.000104. The first-order chi connectivity index (χ1) is 13.0. The van der Waals surface area contributed by atoms with Gasteiger partial charge in [0, 0.05) is 23.9 Å². The van der Waals surface area contributed by atoms with Crippen molar-refractivity contribution in [3.05, 3.63) is 47.5 Å². The Hall–Kier alpha value is -2.89. The maximum atomic E-state index is 13.2. The van der Waals surface area contributed by atoms with E-state index in [1.165, 1.54) is 0 Å². The lowest BCUT2D eigenvalue weighted by Gasteiger charge is -2.39. The standard InChI is InChI=1S/C21H26N2O4/c1-13(2)12-23-20(22-16-9-7-6-8-14(16)21(23)24)15-10-18(26-4)19(27-5)11-17(15)25-3/h6-11,13,20,22H,12H2,1-5H3. The Morgan fingerprint density at radius 2 is 1.63 bits per heavy atom. The van der Waals surface area contributed by atoms with Gasteiger partial charge in [0.2, 0.25) is 0 Å². The Labute approximate surface area is 160 Å². The zero-order valence-corrected chi connectivity index (χ0v) is 16.4. The first-order valence-electron chi connectivity index (χ1n) is 8.96. The summed E-state index contributed by atoms with van der Waals surface area (Å²) in [6, 6.07) is 11.2. The number of anilines is 1. The fourth-order valence-electron chi connectivity index (χ4n) is 3.39. The number of nitrogens with zero attached hydrogens (tertiary/aromatic N) is 1. The zero-order chi connectivity index (χ0) is 19.6. The molecule has 1 amide bonds. The van der Waals surface area contributed by atoms with Crippen molar-refractivity contribution in [1.82, 2.24) is 4.90 Å². The summed E-state index contributed by atoms with van der Waals surface area (Å²) < 4.78 is 16.5. The van der Waals surface area contributed by atoms with Gasteiger partial charge in [-0.15, -0.1) is 0 Å². The molecule has 0 saturated carbocycles. The molecular weight excluding hydrogens is 344 g/mol. The third kappa shape index (κ3) is 3.52. The second-order valence-corrected chi connectivity index (χ2v) is 6.89. The van der Waals surface area contributed by atoms with Gasteiger partial charge in [-0.05, 0) is 24.1 Å². The van der Waals surface area contributed by atoms with Crippen molar-refractivity contribution in [2.75, 3.05) is 33.2 Å². The smallest absolute Gasteiger partial charge is 0.257 e. The van der Waals surface area contributed by atoms with Crippen LogP contribution in [0, 0.1) is 5.92 Å². The van der Waals surface area contributed by atoms with Crippen molar-refractivity contribution in [1.29, 1.82) is 0 Å². The summed E-state index contributed by atoms with van der Waals surface area (Å²) in [5, 5.41) is 3.49. The van der Waals surface area contributed by atoms with E-state index < -0.39 is 0 Å². The molecule has 1 N–H and O–H groups in total. The third-order valence-electron chi connectivity index (χ3n) is 4.61. The molecule has 1 atom stereocenters. The van der Waals surface area contributed by atoms with E-state index in [0.29, 0.717) is 35.3 Å². The molecule has 6 heteroatoms. The number of nitrogens with one attached hydrogen (secondary N) is 1. The number of hydrogen-bond donors (Lipinski definition) is 1. The second-order valence-electron chi connectivity index (χ2n) is 6.89. The molecule has 1 unspecified atom stereocenters. The monoisotopic (exact) mass is 370 g/mol. The van der Waals surface area contributed by atoms with Crippen molar-refractivity contribution < 1.29 is 19.0 Å². The second kappa shape index (κ2) is 7.78. The number of methoxy groups -OCH3 is 3. The lowest BCUT2D eigenvalue weighted by molar-refractivity contribution is 0.0655. The van der Waals surface area contributed by atoms with E-state index in [4.69, 9.17) is 14.2 Å². The topological polar surface area (TPSA) is 60.0 Å². The maximum Gasteiger partial charge on any atom is 0.257 e. The molecule has 1 heterocycles. The van der Waals surface area contributed by atoms with Gasteiger partial charge in [-0.1, -0.05) is 26.0 Å². The minimum Gasteiger partial charge on any atom is -0.496 e. The number of carbonyl (C=O) groups excluding carboxylic acids is 1. The van der Waals surface area contributed by atoms with E-state index in [0.717, 1.165) is 11.3 Å². The molecule has 27 heavy (non-hydrogen) atoms. The summed E-state index contributed by atoms with van der Waals surface area (Å²) >= 11 is 0. The molecule has 144 valence electrons. The van der Waals surface area contributed by atoms with Gasteiger partial charge in [0.05, 0.1) is 26.9 Å². The molecule has 0 aromatic heterocycles. The normalized spacial score (nSPS) is 16.0. The van der Waals surface area contributed by atoms with Crippen molar-refractivity contribution >= 4 is 11.6 Å². The SMILES string of the molecule is COc1cc(OC)c(C2Nc3ccccc3C(=O)N2CC(C)C)cc1OC. The van der Waals surface area contributed by atoms with Gasteiger partial charge in [0.15, 0.2) is 11.5 Å². The number of benzene rings is 2. The molecule has 1 aliphatic heterocycles. The Kier molecular flexibility index (Phi) is 5.44. The lowest BCUT2D eigenvalue weighted by atomic mass is 10.0. The Morgan fingerprint density at radius 3 is 2.26 bits per heavy atom. The number of hydrogen-bond acceptors (Lipinski definition) is 5. The van der Waals surface area contributed by atoms with Crippen molar-refractivity contribution in [2.24, 2.45) is 5.92 Å². The molecule has 0 bridgehead atoms. The van der Waals surface area contributed by atoms with Gasteiger partial charge in [0.1, 0.15) is 11.9 Å². The number of ether oxygens (including phenoxy) is 3. The predicted molar refractivity (Wildman–Crippen MR) is 105 cm³/mol. The van der Waals surface area contributed by atoms with Crippen LogP contribution in [0.1, 0.15) is 35.9 Å². The van der Waals surface area contributed by atoms with Gasteiger partial charge < -0.3 is 24.4 Å². The van der Waals surface area contributed by atoms with Crippen LogP contribution in [0.4, 0.5) is 5.69 Å². The molecule has 2 aromatic carbocycles. The summed E-state index contributed by atoms with van der Waals surface area (Å²) in [6.45, 7) is 4.80. The van der Waals surface area contributed by atoms with Crippen molar-refractivity contribution in [2.45, 2.75) is 20.0 Å². The van der Waals surface area contributed by atoms with Crippen LogP contribution in [0.25, 0.3) is 0 Å². The summed E-state index contributed by atoms with van der Waals surface area (Å²) in [6.07, 6.45) is -0.371. The molecule has 1 aliphatic rings. The summed E-state index contributed by atoms with van der Waals surface area (Å²) in [5.74, 6) is 2.11. The molecule has 0 radical (unpaired) electrons. The van der Waals surface area contributed by atoms with Gasteiger partial charge >= 0.3 is 0 Å². The fraction of sp³-hybridized carbons (Fsp3) is 0.381. The first kappa shape index (κ1) is 18.9. The molecule has 2 aromatic rings. The molecule has 0 fully saturated rings. The van der Waals surface area contributed by atoms with Gasteiger partial charge in [-0.25, -0.2) is 0 Å². The van der Waals surface area contributed by atoms with Crippen LogP contribution in [0.5, 0.6) is 17.2 Å². The van der Waals surface area contributed by atoms with Gasteiger partial charge in [-0.3, -0.25) is 4.79 Å². The van der Waals surface area contributed by atoms with E-state index in [2.05, 4.69) is 19.2 Å². The van der Waals surface area contributed by atoms with Crippen LogP contribution in [-0.4, -0.2) is 38.7 Å². The molecule has 0 spiro atoms. The first-order valence-corrected chi connectivity index (χ1v) is 8.96. The molecule has 6 nitrogen and oxygen atoms in total. The highest BCUT2D eigenvalue weighted by Crippen LogP contribution is 2.42. The summed E-state index contributed by atoms with van der Waals surface area (Å²) in [7, 11) is 4.78. The quantitative estimate of drug-likeness (QED) is 0.835. The van der Waals surface area contributed by atoms with E-state index >= 15 is 0 Å². The molecule has 0 saturated heterocycles. The fourth-order valence-corrected chi connectivity index (χ4v) is 3.39. The predicted octanol–water partition coefficient (Wildman–Crippen LogP) is 3.93. The van der Waals surface area contributed by atoms with E-state index in [9.17, 15) is 4.79 Å². The maximum absolute atomic E-state index is 13.2. The molecule has 0 aliphatic carbocycles. The minimum atomic E-state index is -0.371. The molecular formula is C21H26N2O4. The number of rotatable bonds is 6. The largest absolute Gasteiger partial charge is 0.496 e.